The molecular weight excluding hydrogens is 268 g/mol. The van der Waals surface area contributed by atoms with Gasteiger partial charge in [-0.3, -0.25) is 4.79 Å². The third-order valence-corrected chi connectivity index (χ3v) is 3.98. The minimum atomic E-state index is -0.817. The average molecular weight is 286 g/mol. The van der Waals surface area contributed by atoms with Crippen molar-refractivity contribution < 1.29 is 14.6 Å². The van der Waals surface area contributed by atoms with Crippen molar-refractivity contribution in [3.8, 4) is 5.69 Å². The van der Waals surface area contributed by atoms with Crippen LogP contribution in [0.15, 0.2) is 42.7 Å². The molecule has 1 aliphatic rings. The van der Waals surface area contributed by atoms with Crippen LogP contribution in [0.3, 0.4) is 0 Å². The van der Waals surface area contributed by atoms with Gasteiger partial charge in [0.05, 0.1) is 23.9 Å². The molecule has 2 heterocycles. The molecule has 1 unspecified atom stereocenters. The van der Waals surface area contributed by atoms with Crippen molar-refractivity contribution in [3.63, 3.8) is 0 Å². The van der Waals surface area contributed by atoms with Crippen LogP contribution in [-0.2, 0) is 16.0 Å². The first-order valence-corrected chi connectivity index (χ1v) is 7.10. The minimum Gasteiger partial charge on any atom is -0.481 e. The van der Waals surface area contributed by atoms with Crippen LogP contribution in [0.25, 0.3) is 5.69 Å². The third kappa shape index (κ3) is 2.83. The van der Waals surface area contributed by atoms with E-state index in [0.29, 0.717) is 19.4 Å². The Morgan fingerprint density at radius 2 is 2.19 bits per heavy atom. The second-order valence-corrected chi connectivity index (χ2v) is 5.55. The number of carboxylic acid groups (broad SMARTS) is 1. The molecule has 1 aliphatic heterocycles. The Labute approximate surface area is 123 Å². The zero-order chi connectivity index (χ0) is 14.7. The first-order valence-electron chi connectivity index (χ1n) is 7.10. The van der Waals surface area contributed by atoms with E-state index in [2.05, 4.69) is 5.10 Å². The van der Waals surface area contributed by atoms with Gasteiger partial charge >= 0.3 is 5.97 Å². The number of aromatic nitrogens is 2. The summed E-state index contributed by atoms with van der Waals surface area (Å²) in [6.07, 6.45) is 5.54. The lowest BCUT2D eigenvalue weighted by Crippen LogP contribution is -2.41. The van der Waals surface area contributed by atoms with Crippen molar-refractivity contribution in [2.45, 2.75) is 19.3 Å². The molecule has 2 aromatic rings. The predicted octanol–water partition coefficient (Wildman–Crippen LogP) is 2.30. The van der Waals surface area contributed by atoms with Crippen molar-refractivity contribution >= 4 is 5.97 Å². The molecule has 110 valence electrons. The first-order chi connectivity index (χ1) is 10.2. The summed E-state index contributed by atoms with van der Waals surface area (Å²) < 4.78 is 7.17. The molecular formula is C16H18N2O3. The van der Waals surface area contributed by atoms with E-state index in [-0.39, 0.29) is 6.61 Å². The minimum absolute atomic E-state index is 0.277. The van der Waals surface area contributed by atoms with Gasteiger partial charge in [-0.15, -0.1) is 0 Å². The fourth-order valence-electron chi connectivity index (χ4n) is 2.80. The van der Waals surface area contributed by atoms with Crippen molar-refractivity contribution in [2.24, 2.45) is 5.41 Å². The van der Waals surface area contributed by atoms with Crippen LogP contribution in [0.2, 0.25) is 0 Å². The van der Waals surface area contributed by atoms with Gasteiger partial charge in [-0.1, -0.05) is 18.2 Å². The van der Waals surface area contributed by atoms with E-state index in [1.165, 1.54) is 0 Å². The van der Waals surface area contributed by atoms with E-state index in [0.717, 1.165) is 17.7 Å². The summed E-state index contributed by atoms with van der Waals surface area (Å²) >= 11 is 0. The lowest BCUT2D eigenvalue weighted by atomic mass is 9.78. The highest BCUT2D eigenvalue weighted by Crippen LogP contribution is 2.33. The number of carbonyl (C=O) groups is 1. The predicted molar refractivity (Wildman–Crippen MR) is 77.4 cm³/mol. The smallest absolute Gasteiger partial charge is 0.312 e. The van der Waals surface area contributed by atoms with Gasteiger partial charge in [-0.25, -0.2) is 4.68 Å². The third-order valence-electron chi connectivity index (χ3n) is 3.98. The molecule has 1 fully saturated rings. The summed E-state index contributed by atoms with van der Waals surface area (Å²) in [7, 11) is 0. The van der Waals surface area contributed by atoms with Gasteiger partial charge in [0.2, 0.25) is 0 Å². The summed E-state index contributed by atoms with van der Waals surface area (Å²) in [4.78, 5) is 11.7. The Kier molecular flexibility index (Phi) is 3.75. The highest BCUT2D eigenvalue weighted by atomic mass is 16.5. The van der Waals surface area contributed by atoms with E-state index >= 15 is 0 Å². The molecule has 1 aromatic heterocycles. The lowest BCUT2D eigenvalue weighted by Gasteiger charge is -2.32. The summed E-state index contributed by atoms with van der Waals surface area (Å²) in [6.45, 7) is 0.928. The monoisotopic (exact) mass is 286 g/mol. The molecule has 0 spiro atoms. The zero-order valence-electron chi connectivity index (χ0n) is 11.7. The molecule has 5 nitrogen and oxygen atoms in total. The van der Waals surface area contributed by atoms with Crippen molar-refractivity contribution in [1.29, 1.82) is 0 Å². The maximum absolute atomic E-state index is 11.7. The maximum atomic E-state index is 11.7. The Bertz CT molecular complexity index is 615. The number of carboxylic acids is 1. The largest absolute Gasteiger partial charge is 0.481 e. The second kappa shape index (κ2) is 5.69. The number of ether oxygens (including phenoxy) is 1. The summed E-state index contributed by atoms with van der Waals surface area (Å²) in [6, 6.07) is 9.78. The van der Waals surface area contributed by atoms with Gasteiger partial charge in [0.25, 0.3) is 0 Å². The molecule has 3 rings (SSSR count). The molecule has 21 heavy (non-hydrogen) atoms. The van der Waals surface area contributed by atoms with Crippen LogP contribution in [0.4, 0.5) is 0 Å². The van der Waals surface area contributed by atoms with E-state index in [1.54, 1.807) is 10.9 Å². The van der Waals surface area contributed by atoms with Crippen molar-refractivity contribution in [1.82, 2.24) is 9.78 Å². The molecule has 0 radical (unpaired) electrons. The average Bonchev–Trinajstić information content (AvgIpc) is 2.97. The summed E-state index contributed by atoms with van der Waals surface area (Å²) in [5.74, 6) is -0.783. The second-order valence-electron chi connectivity index (χ2n) is 5.55. The first kappa shape index (κ1) is 13.8. The van der Waals surface area contributed by atoms with Crippen molar-refractivity contribution in [3.05, 3.63) is 48.3 Å². The van der Waals surface area contributed by atoms with Gasteiger partial charge < -0.3 is 9.84 Å². The topological polar surface area (TPSA) is 64.3 Å². The van der Waals surface area contributed by atoms with Gasteiger partial charge in [0.15, 0.2) is 0 Å². The molecule has 1 N–H and O–H groups in total. The number of benzene rings is 1. The fourth-order valence-corrected chi connectivity index (χ4v) is 2.80. The molecule has 0 amide bonds. The van der Waals surface area contributed by atoms with Crippen LogP contribution >= 0.6 is 0 Å². The number of para-hydroxylation sites is 1. The number of hydrogen-bond donors (Lipinski definition) is 1. The van der Waals surface area contributed by atoms with Gasteiger partial charge in [-0.2, -0.15) is 5.10 Å². The van der Waals surface area contributed by atoms with Crippen LogP contribution < -0.4 is 0 Å². The molecule has 1 saturated heterocycles. The van der Waals surface area contributed by atoms with E-state index in [4.69, 9.17) is 4.74 Å². The van der Waals surface area contributed by atoms with Gasteiger partial charge in [-0.05, 0) is 37.0 Å². The number of rotatable bonds is 4. The lowest BCUT2D eigenvalue weighted by molar-refractivity contribution is -0.157. The Hall–Kier alpha value is -2.14. The van der Waals surface area contributed by atoms with Gasteiger partial charge in [0.1, 0.15) is 0 Å². The molecule has 1 aromatic carbocycles. The number of nitrogens with zero attached hydrogens (tertiary/aromatic N) is 2. The van der Waals surface area contributed by atoms with Crippen LogP contribution in [0, 0.1) is 5.41 Å². The molecule has 0 aliphatic carbocycles. The fraction of sp³-hybridized carbons (Fsp3) is 0.375. The molecule has 0 bridgehead atoms. The Morgan fingerprint density at radius 1 is 1.38 bits per heavy atom. The quantitative estimate of drug-likeness (QED) is 0.936. The van der Waals surface area contributed by atoms with Crippen LogP contribution in [0.1, 0.15) is 18.4 Å². The molecule has 1 atom stereocenters. The Balaban J connectivity index is 1.81. The SMILES string of the molecule is O=C(O)C1(Cc2cnn(-c3ccccc3)c2)CCCOC1. The van der Waals surface area contributed by atoms with Crippen molar-refractivity contribution in [2.75, 3.05) is 13.2 Å². The molecule has 0 saturated carbocycles. The zero-order valence-corrected chi connectivity index (χ0v) is 11.7. The Morgan fingerprint density at radius 3 is 2.86 bits per heavy atom. The number of hydrogen-bond acceptors (Lipinski definition) is 3. The highest BCUT2D eigenvalue weighted by molar-refractivity contribution is 5.75. The normalized spacial score (nSPS) is 22.1. The summed E-state index contributed by atoms with van der Waals surface area (Å²) in [5, 5.41) is 13.9. The van der Waals surface area contributed by atoms with Crippen LogP contribution in [-0.4, -0.2) is 34.1 Å². The number of aliphatic carboxylic acids is 1. The molecule has 5 heteroatoms. The highest BCUT2D eigenvalue weighted by Gasteiger charge is 2.40. The van der Waals surface area contributed by atoms with Gasteiger partial charge in [0, 0.05) is 12.8 Å². The van der Waals surface area contributed by atoms with E-state index < -0.39 is 11.4 Å². The van der Waals surface area contributed by atoms with E-state index in [1.807, 2.05) is 36.5 Å². The standard InChI is InChI=1S/C16H18N2O3/c19-15(20)16(7-4-8-21-12-16)9-13-10-17-18(11-13)14-5-2-1-3-6-14/h1-3,5-6,10-11H,4,7-9,12H2,(H,19,20). The van der Waals surface area contributed by atoms with Crippen LogP contribution in [0.5, 0.6) is 0 Å². The maximum Gasteiger partial charge on any atom is 0.312 e. The van der Waals surface area contributed by atoms with E-state index in [9.17, 15) is 9.90 Å². The summed E-state index contributed by atoms with van der Waals surface area (Å²) in [5.41, 5.74) is 1.07.